The van der Waals surface area contributed by atoms with Gasteiger partial charge in [0.25, 0.3) is 0 Å². The van der Waals surface area contributed by atoms with Crippen LogP contribution in [0.25, 0.3) is 11.1 Å². The van der Waals surface area contributed by atoms with E-state index in [4.69, 9.17) is 4.74 Å². The molecule has 1 fully saturated rings. The molecule has 0 spiro atoms. The molecule has 2 atom stereocenters. The number of benzene rings is 2. The molecule has 0 aromatic heterocycles. The largest absolute Gasteiger partial charge is 0.496 e. The van der Waals surface area contributed by atoms with Crippen LogP contribution in [0.15, 0.2) is 60.7 Å². The van der Waals surface area contributed by atoms with E-state index < -0.39 is 6.04 Å². The molecule has 162 valence electrons. The Morgan fingerprint density at radius 1 is 1.06 bits per heavy atom. The molecular weight excluding hydrogens is 388 g/mol. The van der Waals surface area contributed by atoms with Crippen molar-refractivity contribution in [1.29, 1.82) is 0 Å². The maximum Gasteiger partial charge on any atom is 0.245 e. The summed E-state index contributed by atoms with van der Waals surface area (Å²) in [4.78, 5) is 29.9. The molecule has 1 aliphatic carbocycles. The topological polar surface area (TPSA) is 49.9 Å². The summed E-state index contributed by atoms with van der Waals surface area (Å²) in [6.07, 6.45) is 7.32. The van der Waals surface area contributed by atoms with Crippen LogP contribution < -0.4 is 4.74 Å². The Kier molecular flexibility index (Phi) is 6.40. The summed E-state index contributed by atoms with van der Waals surface area (Å²) in [7, 11) is 3.49. The molecule has 0 bridgehead atoms. The molecule has 0 N–H and O–H groups in total. The Morgan fingerprint density at radius 2 is 1.81 bits per heavy atom. The molecule has 1 saturated heterocycles. The van der Waals surface area contributed by atoms with Crippen molar-refractivity contribution in [3.63, 3.8) is 0 Å². The highest BCUT2D eigenvalue weighted by molar-refractivity contribution is 5.89. The fraction of sp³-hybridized carbons (Fsp3) is 0.385. The summed E-state index contributed by atoms with van der Waals surface area (Å²) in [6, 6.07) is 15.5. The number of amides is 2. The molecule has 5 heteroatoms. The van der Waals surface area contributed by atoms with Crippen molar-refractivity contribution in [2.45, 2.75) is 31.7 Å². The van der Waals surface area contributed by atoms with Crippen LogP contribution in [0.1, 0.15) is 24.8 Å². The van der Waals surface area contributed by atoms with E-state index in [-0.39, 0.29) is 11.8 Å². The van der Waals surface area contributed by atoms with Gasteiger partial charge in [0.2, 0.25) is 11.8 Å². The number of hydrogen-bond donors (Lipinski definition) is 0. The number of rotatable bonds is 6. The minimum Gasteiger partial charge on any atom is -0.496 e. The van der Waals surface area contributed by atoms with E-state index in [1.165, 1.54) is 0 Å². The third-order valence-corrected chi connectivity index (χ3v) is 6.41. The highest BCUT2D eigenvalue weighted by atomic mass is 16.5. The van der Waals surface area contributed by atoms with Crippen LogP contribution in [0.5, 0.6) is 5.75 Å². The highest BCUT2D eigenvalue weighted by Crippen LogP contribution is 2.33. The van der Waals surface area contributed by atoms with Gasteiger partial charge in [0.15, 0.2) is 0 Å². The zero-order valence-electron chi connectivity index (χ0n) is 18.3. The zero-order valence-corrected chi connectivity index (χ0v) is 18.3. The molecule has 0 radical (unpaired) electrons. The Labute approximate surface area is 184 Å². The molecule has 1 heterocycles. The Balaban J connectivity index is 1.63. The second-order valence-electron chi connectivity index (χ2n) is 8.39. The van der Waals surface area contributed by atoms with Gasteiger partial charge >= 0.3 is 0 Å². The molecule has 4 rings (SSSR count). The van der Waals surface area contributed by atoms with Crippen molar-refractivity contribution in [1.82, 2.24) is 9.80 Å². The van der Waals surface area contributed by atoms with E-state index in [1.54, 1.807) is 12.0 Å². The SMILES string of the molecule is COc1ccccc1-c1ccccc1C[C@H]1C(=O)N(C)CCN1C(=O)C[C@H]1C=CCC1. The van der Waals surface area contributed by atoms with Crippen molar-refractivity contribution < 1.29 is 14.3 Å². The molecule has 1 aliphatic heterocycles. The quantitative estimate of drug-likeness (QED) is 0.668. The van der Waals surface area contributed by atoms with Gasteiger partial charge in [-0.1, -0.05) is 54.6 Å². The number of para-hydroxylation sites is 1. The number of methoxy groups -OCH3 is 1. The Hall–Kier alpha value is -3.08. The Bertz CT molecular complexity index is 984. The van der Waals surface area contributed by atoms with Gasteiger partial charge in [-0.2, -0.15) is 0 Å². The van der Waals surface area contributed by atoms with Crippen molar-refractivity contribution in [2.75, 3.05) is 27.2 Å². The van der Waals surface area contributed by atoms with Gasteiger partial charge in [-0.15, -0.1) is 0 Å². The summed E-state index contributed by atoms with van der Waals surface area (Å²) in [5.41, 5.74) is 3.07. The first-order valence-corrected chi connectivity index (χ1v) is 11.0. The van der Waals surface area contributed by atoms with Crippen LogP contribution in [0.3, 0.4) is 0 Å². The van der Waals surface area contributed by atoms with E-state index in [0.717, 1.165) is 35.3 Å². The van der Waals surface area contributed by atoms with Crippen LogP contribution in [0, 0.1) is 5.92 Å². The van der Waals surface area contributed by atoms with Crippen LogP contribution in [0.4, 0.5) is 0 Å². The zero-order chi connectivity index (χ0) is 21.8. The predicted molar refractivity (Wildman–Crippen MR) is 122 cm³/mol. The third kappa shape index (κ3) is 4.50. The maximum absolute atomic E-state index is 13.2. The number of carbonyl (C=O) groups excluding carboxylic acids is 2. The number of nitrogens with zero attached hydrogens (tertiary/aromatic N) is 2. The lowest BCUT2D eigenvalue weighted by molar-refractivity contribution is -0.150. The monoisotopic (exact) mass is 418 g/mol. The number of likely N-dealkylation sites (N-methyl/N-ethyl adjacent to an activating group) is 1. The molecule has 0 unspecified atom stereocenters. The number of hydrogen-bond acceptors (Lipinski definition) is 3. The summed E-state index contributed by atoms with van der Waals surface area (Å²) >= 11 is 0. The van der Waals surface area contributed by atoms with Gasteiger partial charge in [-0.3, -0.25) is 9.59 Å². The second kappa shape index (κ2) is 9.38. The van der Waals surface area contributed by atoms with Gasteiger partial charge in [-0.05, 0) is 36.0 Å². The molecule has 31 heavy (non-hydrogen) atoms. The lowest BCUT2D eigenvalue weighted by atomic mass is 9.92. The van der Waals surface area contributed by atoms with Crippen molar-refractivity contribution >= 4 is 11.8 Å². The van der Waals surface area contributed by atoms with Gasteiger partial charge in [0, 0.05) is 38.5 Å². The molecule has 2 amide bonds. The van der Waals surface area contributed by atoms with Crippen LogP contribution in [-0.2, 0) is 16.0 Å². The molecule has 2 aromatic rings. The first-order chi connectivity index (χ1) is 15.1. The van der Waals surface area contributed by atoms with Gasteiger partial charge in [0.05, 0.1) is 7.11 Å². The first kappa shape index (κ1) is 21.2. The number of ether oxygens (including phenoxy) is 1. The van der Waals surface area contributed by atoms with Crippen molar-refractivity contribution in [2.24, 2.45) is 5.92 Å². The lowest BCUT2D eigenvalue weighted by Crippen LogP contribution is -2.58. The first-order valence-electron chi connectivity index (χ1n) is 11.0. The normalized spacial score (nSPS) is 20.9. The van der Waals surface area contributed by atoms with Crippen molar-refractivity contribution in [3.05, 3.63) is 66.2 Å². The minimum absolute atomic E-state index is 0.0105. The highest BCUT2D eigenvalue weighted by Gasteiger charge is 2.36. The average Bonchev–Trinajstić information content (AvgIpc) is 3.30. The van der Waals surface area contributed by atoms with Gasteiger partial charge < -0.3 is 14.5 Å². The van der Waals surface area contributed by atoms with E-state index >= 15 is 0 Å². The van der Waals surface area contributed by atoms with Crippen molar-refractivity contribution in [3.8, 4) is 16.9 Å². The summed E-state index contributed by atoms with van der Waals surface area (Å²) in [5, 5.41) is 0. The standard InChI is InChI=1S/C26H30N2O3/c1-27-15-16-28(25(29)17-19-9-3-4-10-19)23(26(27)30)18-20-11-5-6-12-21(20)22-13-7-8-14-24(22)31-2/h3,5-9,11-14,19,23H,4,10,15-18H2,1-2H3/t19-,23-/m0/s1. The predicted octanol–water partition coefficient (Wildman–Crippen LogP) is 3.93. The van der Waals surface area contributed by atoms with E-state index in [9.17, 15) is 9.59 Å². The molecule has 5 nitrogen and oxygen atoms in total. The molecule has 0 saturated carbocycles. The van der Waals surface area contributed by atoms with Crippen LogP contribution in [0.2, 0.25) is 0 Å². The fourth-order valence-electron chi connectivity index (χ4n) is 4.65. The van der Waals surface area contributed by atoms with Crippen LogP contribution >= 0.6 is 0 Å². The number of allylic oxidation sites excluding steroid dienone is 2. The number of carbonyl (C=O) groups is 2. The minimum atomic E-state index is -0.479. The lowest BCUT2D eigenvalue weighted by Gasteiger charge is -2.40. The summed E-state index contributed by atoms with van der Waals surface area (Å²) in [5.74, 6) is 1.18. The summed E-state index contributed by atoms with van der Waals surface area (Å²) < 4.78 is 5.57. The maximum atomic E-state index is 13.2. The van der Waals surface area contributed by atoms with E-state index in [0.29, 0.717) is 31.8 Å². The average molecular weight is 419 g/mol. The third-order valence-electron chi connectivity index (χ3n) is 6.41. The molecule has 2 aliphatic rings. The second-order valence-corrected chi connectivity index (χ2v) is 8.39. The van der Waals surface area contributed by atoms with E-state index in [2.05, 4.69) is 18.2 Å². The smallest absolute Gasteiger partial charge is 0.245 e. The van der Waals surface area contributed by atoms with Gasteiger partial charge in [-0.25, -0.2) is 0 Å². The fourth-order valence-corrected chi connectivity index (χ4v) is 4.65. The molecule has 2 aromatic carbocycles. The Morgan fingerprint density at radius 3 is 2.55 bits per heavy atom. The summed E-state index contributed by atoms with van der Waals surface area (Å²) in [6.45, 7) is 1.16. The van der Waals surface area contributed by atoms with Gasteiger partial charge in [0.1, 0.15) is 11.8 Å². The van der Waals surface area contributed by atoms with Crippen LogP contribution in [-0.4, -0.2) is 54.9 Å². The number of piperazine rings is 1. The molecular formula is C26H30N2O3. The van der Waals surface area contributed by atoms with E-state index in [1.807, 2.05) is 54.4 Å².